The van der Waals surface area contributed by atoms with Crippen LogP contribution in [0.2, 0.25) is 0 Å². The molecule has 360 valence electrons. The van der Waals surface area contributed by atoms with E-state index in [-0.39, 0.29) is 37.5 Å². The van der Waals surface area contributed by atoms with Crippen molar-refractivity contribution in [3.8, 4) is 0 Å². The van der Waals surface area contributed by atoms with Crippen LogP contribution >= 0.6 is 0 Å². The van der Waals surface area contributed by atoms with Crippen molar-refractivity contribution in [1.29, 1.82) is 0 Å². The van der Waals surface area contributed by atoms with E-state index in [4.69, 9.17) is 14.2 Å². The van der Waals surface area contributed by atoms with Crippen molar-refractivity contribution in [2.45, 2.75) is 245 Å². The van der Waals surface area contributed by atoms with Crippen molar-refractivity contribution >= 4 is 17.9 Å². The average molecular weight is 877 g/mol. The maximum Gasteiger partial charge on any atom is 0.306 e. The Kier molecular flexibility index (Phi) is 48.5. The fourth-order valence-corrected chi connectivity index (χ4v) is 7.02. The lowest BCUT2D eigenvalue weighted by Crippen LogP contribution is -2.30. The van der Waals surface area contributed by atoms with Gasteiger partial charge in [-0.05, 0) is 83.5 Å². The predicted molar refractivity (Wildman–Crippen MR) is 270 cm³/mol. The van der Waals surface area contributed by atoms with Crippen molar-refractivity contribution in [1.82, 2.24) is 0 Å². The minimum absolute atomic E-state index is 0.0954. The first-order chi connectivity index (χ1) is 31.0. The van der Waals surface area contributed by atoms with Crippen molar-refractivity contribution in [3.05, 3.63) is 85.1 Å². The van der Waals surface area contributed by atoms with Crippen LogP contribution in [0.1, 0.15) is 239 Å². The van der Waals surface area contributed by atoms with Gasteiger partial charge in [0.15, 0.2) is 6.10 Å². The molecular formula is C57H96O6. The molecule has 0 amide bonds. The van der Waals surface area contributed by atoms with Gasteiger partial charge in [-0.1, -0.05) is 221 Å². The van der Waals surface area contributed by atoms with Gasteiger partial charge in [-0.15, -0.1) is 0 Å². The number of hydrogen-bond acceptors (Lipinski definition) is 6. The van der Waals surface area contributed by atoms with Gasteiger partial charge in [-0.2, -0.15) is 0 Å². The van der Waals surface area contributed by atoms with Crippen LogP contribution in [-0.4, -0.2) is 37.2 Å². The predicted octanol–water partition coefficient (Wildman–Crippen LogP) is 17.2. The number of esters is 3. The Morgan fingerprint density at radius 2 is 0.683 bits per heavy atom. The Bertz CT molecular complexity index is 1240. The van der Waals surface area contributed by atoms with Crippen molar-refractivity contribution < 1.29 is 28.6 Å². The Morgan fingerprint density at radius 1 is 0.349 bits per heavy atom. The Labute approximate surface area is 388 Å². The van der Waals surface area contributed by atoms with Crippen LogP contribution < -0.4 is 0 Å². The van der Waals surface area contributed by atoms with E-state index in [2.05, 4.69) is 106 Å². The van der Waals surface area contributed by atoms with Crippen molar-refractivity contribution in [2.75, 3.05) is 13.2 Å². The highest BCUT2D eigenvalue weighted by molar-refractivity contribution is 5.71. The lowest BCUT2D eigenvalue weighted by atomic mass is 10.1. The van der Waals surface area contributed by atoms with Crippen LogP contribution in [0.5, 0.6) is 0 Å². The van der Waals surface area contributed by atoms with E-state index >= 15 is 0 Å². The normalized spacial score (nSPS) is 12.7. The lowest BCUT2D eigenvalue weighted by Gasteiger charge is -2.18. The molecular weight excluding hydrogens is 781 g/mol. The molecule has 1 atom stereocenters. The Hall–Kier alpha value is -3.41. The molecule has 0 spiro atoms. The molecule has 0 aromatic heterocycles. The van der Waals surface area contributed by atoms with E-state index in [9.17, 15) is 14.4 Å². The molecule has 0 N–H and O–H groups in total. The van der Waals surface area contributed by atoms with Crippen LogP contribution in [0.25, 0.3) is 0 Å². The number of carbonyl (C=O) groups is 3. The third kappa shape index (κ3) is 49.5. The van der Waals surface area contributed by atoms with Gasteiger partial charge in [0.05, 0.1) is 0 Å². The Morgan fingerprint density at radius 3 is 1.11 bits per heavy atom. The number of rotatable bonds is 46. The van der Waals surface area contributed by atoms with Crippen LogP contribution in [0.15, 0.2) is 85.1 Å². The summed E-state index contributed by atoms with van der Waals surface area (Å²) in [6.07, 6.45) is 65.6. The number of allylic oxidation sites excluding steroid dienone is 14. The molecule has 0 fully saturated rings. The number of ether oxygens (including phenoxy) is 3. The molecule has 0 aromatic carbocycles. The SMILES string of the molecule is CC/C=C\C/C=C\C/C=C\C/C=C\CCCCCC(=O)OC(COC(=O)CCCCCCC\C=C/C=C\C=C/CCCCCCC)COC(=O)CCCCCCCCCCCCC. The minimum Gasteiger partial charge on any atom is -0.462 e. The second kappa shape index (κ2) is 51.2. The summed E-state index contributed by atoms with van der Waals surface area (Å²) in [5, 5.41) is 0. The van der Waals surface area contributed by atoms with E-state index < -0.39 is 6.10 Å². The molecule has 6 nitrogen and oxygen atoms in total. The summed E-state index contributed by atoms with van der Waals surface area (Å²) < 4.78 is 16.8. The van der Waals surface area contributed by atoms with Crippen molar-refractivity contribution in [3.63, 3.8) is 0 Å². The lowest BCUT2D eigenvalue weighted by molar-refractivity contribution is -0.167. The molecule has 1 unspecified atom stereocenters. The first-order valence-corrected chi connectivity index (χ1v) is 26.1. The topological polar surface area (TPSA) is 78.9 Å². The number of hydrogen-bond donors (Lipinski definition) is 0. The summed E-state index contributed by atoms with van der Waals surface area (Å²) in [5.74, 6) is -0.948. The fraction of sp³-hybridized carbons (Fsp3) is 0.702. The zero-order valence-electron chi connectivity index (χ0n) is 41.1. The first kappa shape index (κ1) is 59.6. The van der Waals surface area contributed by atoms with E-state index in [1.54, 1.807) is 0 Å². The summed E-state index contributed by atoms with van der Waals surface area (Å²) in [4.78, 5) is 38.0. The molecule has 63 heavy (non-hydrogen) atoms. The second-order valence-electron chi connectivity index (χ2n) is 17.1. The molecule has 0 heterocycles. The van der Waals surface area contributed by atoms with Gasteiger partial charge in [-0.25, -0.2) is 0 Å². The van der Waals surface area contributed by atoms with E-state index in [0.717, 1.165) is 116 Å². The van der Waals surface area contributed by atoms with Gasteiger partial charge in [0.1, 0.15) is 13.2 Å². The van der Waals surface area contributed by atoms with E-state index in [1.165, 1.54) is 83.5 Å². The molecule has 0 rings (SSSR count). The molecule has 0 bridgehead atoms. The van der Waals surface area contributed by atoms with Gasteiger partial charge in [0.25, 0.3) is 0 Å². The number of unbranched alkanes of at least 4 members (excludes halogenated alkanes) is 23. The third-order valence-corrected chi connectivity index (χ3v) is 10.9. The molecule has 6 heteroatoms. The highest BCUT2D eigenvalue weighted by Gasteiger charge is 2.19. The zero-order valence-corrected chi connectivity index (χ0v) is 41.1. The largest absolute Gasteiger partial charge is 0.462 e. The van der Waals surface area contributed by atoms with Crippen LogP contribution in [0.4, 0.5) is 0 Å². The van der Waals surface area contributed by atoms with Gasteiger partial charge in [0, 0.05) is 19.3 Å². The third-order valence-electron chi connectivity index (χ3n) is 10.9. The van der Waals surface area contributed by atoms with Crippen LogP contribution in [0, 0.1) is 0 Å². The van der Waals surface area contributed by atoms with E-state index in [0.29, 0.717) is 12.8 Å². The van der Waals surface area contributed by atoms with Crippen LogP contribution in [0.3, 0.4) is 0 Å². The smallest absolute Gasteiger partial charge is 0.306 e. The van der Waals surface area contributed by atoms with Gasteiger partial charge < -0.3 is 14.2 Å². The summed E-state index contributed by atoms with van der Waals surface area (Å²) in [5.41, 5.74) is 0. The quantitative estimate of drug-likeness (QED) is 0.0199. The second-order valence-corrected chi connectivity index (χ2v) is 17.1. The molecule has 0 saturated heterocycles. The highest BCUT2D eigenvalue weighted by atomic mass is 16.6. The van der Waals surface area contributed by atoms with Gasteiger partial charge >= 0.3 is 17.9 Å². The Balaban J connectivity index is 4.46. The zero-order chi connectivity index (χ0) is 45.8. The summed E-state index contributed by atoms with van der Waals surface area (Å²) >= 11 is 0. The number of carbonyl (C=O) groups excluding carboxylic acids is 3. The molecule has 0 aliphatic rings. The standard InChI is InChI=1S/C57H96O6/c1-4-7-10-13-16-19-22-24-26-28-29-31-32-35-38-41-44-47-50-56(59)62-53-54(52-61-55(58)49-46-43-40-37-34-21-18-15-12-9-6-3)63-57(60)51-48-45-42-39-36-33-30-27-25-23-20-17-14-11-8-5-2/h8,11,17,20,22,24-29,31,33,36,54H,4-7,9-10,12-16,18-19,21,23,30,32,34-35,37-53H2,1-3H3/b11-8-,20-17-,24-22-,27-25-,28-26-,31-29-,36-33-. The average Bonchev–Trinajstić information content (AvgIpc) is 3.28. The summed E-state index contributed by atoms with van der Waals surface area (Å²) in [7, 11) is 0. The molecule has 0 saturated carbocycles. The summed E-state index contributed by atoms with van der Waals surface area (Å²) in [6, 6.07) is 0. The molecule has 0 aromatic rings. The fourth-order valence-electron chi connectivity index (χ4n) is 7.02. The van der Waals surface area contributed by atoms with Crippen LogP contribution in [-0.2, 0) is 28.6 Å². The van der Waals surface area contributed by atoms with Gasteiger partial charge in [0.2, 0.25) is 0 Å². The highest BCUT2D eigenvalue weighted by Crippen LogP contribution is 2.14. The maximum absolute atomic E-state index is 12.8. The van der Waals surface area contributed by atoms with Gasteiger partial charge in [-0.3, -0.25) is 14.4 Å². The summed E-state index contributed by atoms with van der Waals surface area (Å²) in [6.45, 7) is 6.45. The minimum atomic E-state index is -0.800. The molecule has 0 aliphatic heterocycles. The van der Waals surface area contributed by atoms with Crippen molar-refractivity contribution in [2.24, 2.45) is 0 Å². The molecule has 0 radical (unpaired) electrons. The van der Waals surface area contributed by atoms with E-state index in [1.807, 2.05) is 0 Å². The maximum atomic E-state index is 12.8. The molecule has 0 aliphatic carbocycles. The first-order valence-electron chi connectivity index (χ1n) is 26.1. The monoisotopic (exact) mass is 877 g/mol.